The average molecular weight is 483 g/mol. The molecule has 3 aliphatic rings. The molecule has 0 spiro atoms. The number of aliphatic carboxylic acids is 1. The van der Waals surface area contributed by atoms with Crippen LogP contribution in [0.5, 0.6) is 0 Å². The van der Waals surface area contributed by atoms with Gasteiger partial charge in [-0.05, 0) is 43.4 Å². The first-order valence-corrected chi connectivity index (χ1v) is 11.8. The Labute approximate surface area is 200 Å². The maximum Gasteiger partial charge on any atom is 0.308 e. The highest BCUT2D eigenvalue weighted by atomic mass is 35.5. The number of aromatic nitrogens is 4. The normalized spacial score (nSPS) is 23.9. The third kappa shape index (κ3) is 3.57. The second-order valence-corrected chi connectivity index (χ2v) is 9.87. The predicted octanol–water partition coefficient (Wildman–Crippen LogP) is 5.11. The van der Waals surface area contributed by atoms with Gasteiger partial charge in [0.25, 0.3) is 0 Å². The fourth-order valence-electron chi connectivity index (χ4n) is 5.75. The summed E-state index contributed by atoms with van der Waals surface area (Å²) in [7, 11) is 0. The number of hydrogen-bond donors (Lipinski definition) is 3. The number of fused-ring (bicyclic) bond motifs is 4. The number of nitrogens with one attached hydrogen (secondary N) is 2. The van der Waals surface area contributed by atoms with Gasteiger partial charge in [-0.2, -0.15) is 5.26 Å². The zero-order valence-electron chi connectivity index (χ0n) is 18.8. The van der Waals surface area contributed by atoms with Crippen LogP contribution >= 0.6 is 11.6 Å². The second-order valence-electron chi connectivity index (χ2n) is 9.48. The van der Waals surface area contributed by atoms with E-state index in [9.17, 15) is 15.2 Å². The number of carboxylic acids is 1. The molecule has 0 saturated heterocycles. The Kier molecular flexibility index (Phi) is 5.64. The molecule has 6 rings (SSSR count). The van der Waals surface area contributed by atoms with E-state index in [1.165, 1.54) is 6.20 Å². The molecule has 3 saturated carbocycles. The number of carbonyl (C=O) groups is 1. The lowest BCUT2D eigenvalue weighted by molar-refractivity contribution is -0.148. The van der Waals surface area contributed by atoms with Crippen molar-refractivity contribution in [3.8, 4) is 17.3 Å². The molecule has 8 nitrogen and oxygen atoms in total. The van der Waals surface area contributed by atoms with Crippen LogP contribution in [0.3, 0.4) is 0 Å². The second kappa shape index (κ2) is 8.51. The molecule has 3 aromatic rings. The number of H-pyrrole nitrogens is 1. The molecule has 0 aromatic carbocycles. The number of rotatable bonds is 5. The highest BCUT2D eigenvalue weighted by Crippen LogP contribution is 2.47. The summed E-state index contributed by atoms with van der Waals surface area (Å²) in [5.74, 6) is -2.24. The van der Waals surface area contributed by atoms with Gasteiger partial charge in [-0.25, -0.2) is 19.3 Å². The number of carboxylic acid groups (broad SMARTS) is 1. The maximum atomic E-state index is 15.8. The van der Waals surface area contributed by atoms with Gasteiger partial charge in [0.15, 0.2) is 17.3 Å². The molecule has 0 amide bonds. The van der Waals surface area contributed by atoms with E-state index in [0.29, 0.717) is 16.7 Å². The largest absolute Gasteiger partial charge is 0.481 e. The third-order valence-corrected chi connectivity index (χ3v) is 7.46. The monoisotopic (exact) mass is 482 g/mol. The van der Waals surface area contributed by atoms with E-state index in [0.717, 1.165) is 25.7 Å². The molecule has 10 heteroatoms. The maximum absolute atomic E-state index is 15.8. The van der Waals surface area contributed by atoms with Crippen LogP contribution in [-0.2, 0) is 4.79 Å². The van der Waals surface area contributed by atoms with Gasteiger partial charge in [0.05, 0.1) is 23.4 Å². The molecule has 0 radical (unpaired) electrons. The Morgan fingerprint density at radius 1 is 1.29 bits per heavy atom. The smallest absolute Gasteiger partial charge is 0.308 e. The number of nitrogens with zero attached hydrogens (tertiary/aromatic N) is 4. The summed E-state index contributed by atoms with van der Waals surface area (Å²) in [4.78, 5) is 28.2. The van der Waals surface area contributed by atoms with Gasteiger partial charge in [0.1, 0.15) is 16.7 Å². The zero-order valence-corrected chi connectivity index (χ0v) is 19.5. The molecule has 3 aliphatic carbocycles. The minimum absolute atomic E-state index is 0.0363. The van der Waals surface area contributed by atoms with Gasteiger partial charge >= 0.3 is 5.97 Å². The third-order valence-electron chi connectivity index (χ3n) is 7.28. The van der Waals surface area contributed by atoms with Crippen molar-refractivity contribution in [2.24, 2.45) is 17.8 Å². The van der Waals surface area contributed by atoms with Crippen molar-refractivity contribution in [2.75, 3.05) is 5.32 Å². The molecule has 0 aliphatic heterocycles. The number of aromatic amines is 1. The topological polar surface area (TPSA) is 128 Å². The van der Waals surface area contributed by atoms with Crippen molar-refractivity contribution in [1.82, 2.24) is 19.9 Å². The molecule has 34 heavy (non-hydrogen) atoms. The van der Waals surface area contributed by atoms with E-state index in [-0.39, 0.29) is 45.5 Å². The van der Waals surface area contributed by atoms with Crippen molar-refractivity contribution in [3.05, 3.63) is 34.5 Å². The number of halogens is 2. The molecule has 1 unspecified atom stereocenters. The van der Waals surface area contributed by atoms with Crippen LogP contribution in [0.25, 0.3) is 22.4 Å². The first kappa shape index (κ1) is 22.5. The fourth-order valence-corrected chi connectivity index (χ4v) is 5.88. The van der Waals surface area contributed by atoms with Crippen LogP contribution < -0.4 is 5.32 Å². The van der Waals surface area contributed by atoms with E-state index in [4.69, 9.17) is 11.6 Å². The molecule has 3 N–H and O–H groups in total. The number of nitriles is 1. The van der Waals surface area contributed by atoms with Gasteiger partial charge in [0, 0.05) is 23.4 Å². The van der Waals surface area contributed by atoms with E-state index in [1.807, 2.05) is 0 Å². The SMILES string of the molecule is CC(C)c1c(F)c(NC2C3CCC(CC3)[C@H]2C(=O)O)nc(-c2c[nH]c3ncc(Cl)nc23)c1C#N. The van der Waals surface area contributed by atoms with Gasteiger partial charge in [-0.1, -0.05) is 25.4 Å². The number of anilines is 1. The highest BCUT2D eigenvalue weighted by molar-refractivity contribution is 6.29. The lowest BCUT2D eigenvalue weighted by Crippen LogP contribution is -2.51. The van der Waals surface area contributed by atoms with Gasteiger partial charge < -0.3 is 15.4 Å². The molecule has 3 aromatic heterocycles. The fraction of sp³-hybridized carbons (Fsp3) is 0.458. The Hall–Kier alpha value is -3.25. The summed E-state index contributed by atoms with van der Waals surface area (Å²) in [6, 6.07) is 1.69. The van der Waals surface area contributed by atoms with Gasteiger partial charge in [-0.15, -0.1) is 0 Å². The van der Waals surface area contributed by atoms with Crippen molar-refractivity contribution < 1.29 is 14.3 Å². The van der Waals surface area contributed by atoms with Crippen LogP contribution in [0.2, 0.25) is 5.15 Å². The van der Waals surface area contributed by atoms with Crippen molar-refractivity contribution in [2.45, 2.75) is 51.5 Å². The molecule has 3 fully saturated rings. The lowest BCUT2D eigenvalue weighted by atomic mass is 9.61. The molecular formula is C24H24ClFN6O2. The highest BCUT2D eigenvalue weighted by Gasteiger charge is 2.47. The Balaban J connectivity index is 1.68. The molecule has 3 heterocycles. The standard InChI is InChI=1S/C24H24ClFN6O2/c1-10(2)16-13(7-27)20(14-8-28-23-21(14)30-15(25)9-29-23)32-22(18(16)26)31-19-12-5-3-11(4-6-12)17(19)24(33)34/h8-12,17,19H,3-6H2,1-2H3,(H,28,29)(H,31,32)(H,33,34)/t11?,12?,17-,19?/m1/s1. The molecular weight excluding hydrogens is 459 g/mol. The summed E-state index contributed by atoms with van der Waals surface area (Å²) in [6.45, 7) is 3.61. The minimum Gasteiger partial charge on any atom is -0.481 e. The number of hydrogen-bond acceptors (Lipinski definition) is 6. The van der Waals surface area contributed by atoms with E-state index < -0.39 is 23.7 Å². The Bertz CT molecular complexity index is 1330. The Morgan fingerprint density at radius 2 is 2.00 bits per heavy atom. The van der Waals surface area contributed by atoms with Gasteiger partial charge in [-0.3, -0.25) is 4.79 Å². The van der Waals surface area contributed by atoms with Crippen molar-refractivity contribution >= 4 is 34.6 Å². The number of pyridine rings is 1. The summed E-state index contributed by atoms with van der Waals surface area (Å²) in [5, 5.41) is 23.3. The van der Waals surface area contributed by atoms with Crippen molar-refractivity contribution in [1.29, 1.82) is 5.26 Å². The van der Waals surface area contributed by atoms with Crippen LogP contribution in [0.4, 0.5) is 10.2 Å². The van der Waals surface area contributed by atoms with Crippen LogP contribution in [-0.4, -0.2) is 37.1 Å². The van der Waals surface area contributed by atoms with Gasteiger partial charge in [0.2, 0.25) is 0 Å². The first-order chi connectivity index (χ1) is 16.3. The van der Waals surface area contributed by atoms with Crippen molar-refractivity contribution in [3.63, 3.8) is 0 Å². The molecule has 2 bridgehead atoms. The van der Waals surface area contributed by atoms with Crippen LogP contribution in [0.1, 0.15) is 56.6 Å². The quantitative estimate of drug-likeness (QED) is 0.461. The lowest BCUT2D eigenvalue weighted by Gasteiger charge is -2.47. The summed E-state index contributed by atoms with van der Waals surface area (Å²) in [5.41, 5.74) is 1.96. The van der Waals surface area contributed by atoms with Crippen LogP contribution in [0.15, 0.2) is 12.4 Å². The van der Waals surface area contributed by atoms with Crippen LogP contribution in [0, 0.1) is 34.9 Å². The summed E-state index contributed by atoms with van der Waals surface area (Å²) >= 11 is 6.06. The van der Waals surface area contributed by atoms with E-state index in [1.54, 1.807) is 20.0 Å². The average Bonchev–Trinajstić information content (AvgIpc) is 3.22. The van der Waals surface area contributed by atoms with E-state index in [2.05, 4.69) is 31.3 Å². The van der Waals surface area contributed by atoms with E-state index >= 15 is 4.39 Å². The Morgan fingerprint density at radius 3 is 2.65 bits per heavy atom. The minimum atomic E-state index is -0.869. The summed E-state index contributed by atoms with van der Waals surface area (Å²) < 4.78 is 15.8. The zero-order chi connectivity index (χ0) is 24.1. The molecule has 176 valence electrons. The molecule has 2 atom stereocenters. The predicted molar refractivity (Wildman–Crippen MR) is 125 cm³/mol. The first-order valence-electron chi connectivity index (χ1n) is 11.4. The summed E-state index contributed by atoms with van der Waals surface area (Å²) in [6.07, 6.45) is 6.60.